The van der Waals surface area contributed by atoms with E-state index in [1.807, 2.05) is 0 Å². The number of hydrogen-bond donors (Lipinski definition) is 2. The van der Waals surface area contributed by atoms with Gasteiger partial charge in [-0.3, -0.25) is 4.79 Å². The van der Waals surface area contributed by atoms with Gasteiger partial charge in [0.15, 0.2) is 0 Å². The van der Waals surface area contributed by atoms with Gasteiger partial charge in [0.2, 0.25) is 5.91 Å². The summed E-state index contributed by atoms with van der Waals surface area (Å²) in [4.78, 5) is 23.5. The molecule has 0 saturated carbocycles. The van der Waals surface area contributed by atoms with E-state index in [0.29, 0.717) is 10.0 Å². The van der Waals surface area contributed by atoms with Crippen molar-refractivity contribution in [3.05, 3.63) is 69.7 Å². The summed E-state index contributed by atoms with van der Waals surface area (Å²) in [6.07, 6.45) is -4.80. The monoisotopic (exact) mass is 429 g/mol. The fraction of sp³-hybridized carbons (Fsp3) is 0.222. The van der Waals surface area contributed by atoms with Crippen molar-refractivity contribution in [3.8, 4) is 0 Å². The zero-order valence-electron chi connectivity index (χ0n) is 13.4. The Morgan fingerprint density at radius 3 is 2.42 bits per heavy atom. The molecule has 0 bridgehead atoms. The maximum Gasteiger partial charge on any atom is 0.416 e. The van der Waals surface area contributed by atoms with E-state index in [2.05, 4.69) is 21.2 Å². The van der Waals surface area contributed by atoms with Crippen LogP contribution in [0.15, 0.2) is 53.0 Å². The largest absolute Gasteiger partial charge is 0.480 e. The first kappa shape index (κ1) is 20.0. The third kappa shape index (κ3) is 5.59. The summed E-state index contributed by atoms with van der Waals surface area (Å²) in [6, 6.07) is 10.2. The zero-order chi connectivity index (χ0) is 19.3. The highest BCUT2D eigenvalue weighted by Crippen LogP contribution is 2.29. The van der Waals surface area contributed by atoms with E-state index in [0.717, 1.165) is 12.1 Å². The number of benzene rings is 2. The van der Waals surface area contributed by atoms with E-state index in [1.165, 1.54) is 12.1 Å². The van der Waals surface area contributed by atoms with E-state index in [9.17, 15) is 27.9 Å². The highest BCUT2D eigenvalue weighted by molar-refractivity contribution is 9.10. The Bertz CT molecular complexity index is 808. The van der Waals surface area contributed by atoms with Gasteiger partial charge in [-0.2, -0.15) is 13.2 Å². The molecule has 26 heavy (non-hydrogen) atoms. The molecule has 0 aliphatic carbocycles. The Balaban J connectivity index is 2.07. The number of rotatable bonds is 6. The number of alkyl halides is 3. The van der Waals surface area contributed by atoms with Crippen LogP contribution in [0.25, 0.3) is 0 Å². The third-order valence-corrected chi connectivity index (χ3v) is 4.41. The molecular weight excluding hydrogens is 415 g/mol. The predicted octanol–water partition coefficient (Wildman–Crippen LogP) is 3.82. The number of carboxylic acids is 1. The van der Waals surface area contributed by atoms with Crippen molar-refractivity contribution < 1.29 is 27.9 Å². The van der Waals surface area contributed by atoms with E-state index in [1.54, 1.807) is 24.3 Å². The lowest BCUT2D eigenvalue weighted by molar-refractivity contribution is -0.141. The van der Waals surface area contributed by atoms with Crippen molar-refractivity contribution in [2.75, 3.05) is 0 Å². The number of amides is 1. The van der Waals surface area contributed by atoms with Crippen molar-refractivity contribution in [1.82, 2.24) is 5.32 Å². The van der Waals surface area contributed by atoms with Crippen molar-refractivity contribution in [1.29, 1.82) is 0 Å². The van der Waals surface area contributed by atoms with Crippen LogP contribution in [0.4, 0.5) is 13.2 Å². The molecule has 0 spiro atoms. The molecule has 0 fully saturated rings. The minimum atomic E-state index is -4.50. The second kappa shape index (κ2) is 8.35. The molecule has 0 unspecified atom stereocenters. The number of aliphatic carboxylic acids is 1. The summed E-state index contributed by atoms with van der Waals surface area (Å²) in [5, 5.41) is 11.7. The van der Waals surface area contributed by atoms with E-state index < -0.39 is 29.7 Å². The van der Waals surface area contributed by atoms with Crippen molar-refractivity contribution >= 4 is 27.8 Å². The molecule has 0 radical (unpaired) electrons. The molecular formula is C18H15BrF3NO3. The van der Waals surface area contributed by atoms with Crippen LogP contribution >= 0.6 is 15.9 Å². The molecule has 2 aromatic rings. The standard InChI is InChI=1S/C18H15BrF3NO3/c19-14-7-2-1-5-12(14)10-15(17(25)26)23-16(24)9-11-4-3-6-13(8-11)18(20,21)22/h1-8,15H,9-10H2,(H,23,24)(H,25,26)/t15-/m0/s1. The summed E-state index contributed by atoms with van der Waals surface area (Å²) in [6.45, 7) is 0. The second-order valence-corrected chi connectivity index (χ2v) is 6.48. The Kier molecular flexibility index (Phi) is 6.42. The van der Waals surface area contributed by atoms with Crippen LogP contribution in [0.2, 0.25) is 0 Å². The molecule has 2 N–H and O–H groups in total. The van der Waals surface area contributed by atoms with Crippen molar-refractivity contribution in [3.63, 3.8) is 0 Å². The minimum Gasteiger partial charge on any atom is -0.480 e. The van der Waals surface area contributed by atoms with Crippen LogP contribution in [0.1, 0.15) is 16.7 Å². The molecule has 8 heteroatoms. The molecule has 2 aromatic carbocycles. The van der Waals surface area contributed by atoms with E-state index in [4.69, 9.17) is 0 Å². The zero-order valence-corrected chi connectivity index (χ0v) is 15.0. The van der Waals surface area contributed by atoms with Crippen LogP contribution in [-0.2, 0) is 28.6 Å². The first-order valence-electron chi connectivity index (χ1n) is 7.58. The average Bonchev–Trinajstić information content (AvgIpc) is 2.55. The normalized spacial score (nSPS) is 12.5. The first-order chi connectivity index (χ1) is 12.2. The predicted molar refractivity (Wildman–Crippen MR) is 92.6 cm³/mol. The minimum absolute atomic E-state index is 0.0467. The second-order valence-electron chi connectivity index (χ2n) is 5.63. The highest BCUT2D eigenvalue weighted by Gasteiger charge is 2.30. The number of hydrogen-bond acceptors (Lipinski definition) is 2. The van der Waals surface area contributed by atoms with Crippen LogP contribution < -0.4 is 5.32 Å². The molecule has 0 heterocycles. The van der Waals surface area contributed by atoms with E-state index >= 15 is 0 Å². The quantitative estimate of drug-likeness (QED) is 0.733. The number of halogens is 4. The number of carbonyl (C=O) groups excluding carboxylic acids is 1. The molecule has 138 valence electrons. The lowest BCUT2D eigenvalue weighted by Gasteiger charge is -2.16. The topological polar surface area (TPSA) is 66.4 Å². The lowest BCUT2D eigenvalue weighted by atomic mass is 10.0. The Morgan fingerprint density at radius 2 is 1.81 bits per heavy atom. The molecule has 2 rings (SSSR count). The summed E-state index contributed by atoms with van der Waals surface area (Å²) in [5.41, 5.74) is -0.00701. The van der Waals surface area contributed by atoms with Gasteiger partial charge in [-0.25, -0.2) is 4.79 Å². The maximum absolute atomic E-state index is 12.7. The van der Waals surface area contributed by atoms with Gasteiger partial charge in [-0.1, -0.05) is 52.3 Å². The molecule has 0 saturated heterocycles. The van der Waals surface area contributed by atoms with Gasteiger partial charge in [0.25, 0.3) is 0 Å². The molecule has 0 aliphatic heterocycles. The van der Waals surface area contributed by atoms with Crippen LogP contribution in [0.3, 0.4) is 0 Å². The lowest BCUT2D eigenvalue weighted by Crippen LogP contribution is -2.43. The molecule has 1 amide bonds. The Labute approximate surface area is 156 Å². The maximum atomic E-state index is 12.7. The third-order valence-electron chi connectivity index (χ3n) is 3.63. The first-order valence-corrected chi connectivity index (χ1v) is 8.38. The van der Waals surface area contributed by atoms with Crippen molar-refractivity contribution in [2.45, 2.75) is 25.1 Å². The summed E-state index contributed by atoms with van der Waals surface area (Å²) >= 11 is 3.31. The molecule has 0 aromatic heterocycles. The molecule has 4 nitrogen and oxygen atoms in total. The van der Waals surface area contributed by atoms with Gasteiger partial charge in [0.1, 0.15) is 6.04 Å². The summed E-state index contributed by atoms with van der Waals surface area (Å²) in [7, 11) is 0. The van der Waals surface area contributed by atoms with Crippen LogP contribution in [-0.4, -0.2) is 23.0 Å². The fourth-order valence-electron chi connectivity index (χ4n) is 2.37. The Hall–Kier alpha value is -2.35. The Morgan fingerprint density at radius 1 is 1.12 bits per heavy atom. The molecule has 0 aliphatic rings. The van der Waals surface area contributed by atoms with E-state index in [-0.39, 0.29) is 18.4 Å². The fourth-order valence-corrected chi connectivity index (χ4v) is 2.82. The van der Waals surface area contributed by atoms with Gasteiger partial charge in [-0.15, -0.1) is 0 Å². The summed E-state index contributed by atoms with van der Waals surface area (Å²) in [5.74, 6) is -1.89. The van der Waals surface area contributed by atoms with Gasteiger partial charge in [-0.05, 0) is 23.3 Å². The van der Waals surface area contributed by atoms with Gasteiger partial charge < -0.3 is 10.4 Å². The van der Waals surface area contributed by atoms with Gasteiger partial charge in [0.05, 0.1) is 12.0 Å². The van der Waals surface area contributed by atoms with Crippen LogP contribution in [0.5, 0.6) is 0 Å². The van der Waals surface area contributed by atoms with Gasteiger partial charge in [0, 0.05) is 10.9 Å². The number of nitrogens with one attached hydrogen (secondary N) is 1. The molecule has 1 atom stereocenters. The van der Waals surface area contributed by atoms with Gasteiger partial charge >= 0.3 is 12.1 Å². The smallest absolute Gasteiger partial charge is 0.416 e. The van der Waals surface area contributed by atoms with Crippen molar-refractivity contribution in [2.24, 2.45) is 0 Å². The highest BCUT2D eigenvalue weighted by atomic mass is 79.9. The SMILES string of the molecule is O=C(Cc1cccc(C(F)(F)F)c1)N[C@@H](Cc1ccccc1Br)C(=O)O. The van der Waals surface area contributed by atoms with Crippen LogP contribution in [0, 0.1) is 0 Å². The number of carbonyl (C=O) groups is 2. The average molecular weight is 430 g/mol. The number of carboxylic acid groups (broad SMARTS) is 1. The summed E-state index contributed by atoms with van der Waals surface area (Å²) < 4.78 is 38.9.